The van der Waals surface area contributed by atoms with Crippen LogP contribution < -0.4 is 0 Å². The number of hydrogen-bond donors (Lipinski definition) is 1. The van der Waals surface area contributed by atoms with Crippen molar-refractivity contribution < 1.29 is 9.90 Å². The molecule has 3 nitrogen and oxygen atoms in total. The molecule has 0 aromatic heterocycles. The molecule has 0 aliphatic carbocycles. The van der Waals surface area contributed by atoms with Crippen LogP contribution in [0.15, 0.2) is 30.3 Å². The van der Waals surface area contributed by atoms with Crippen molar-refractivity contribution >= 4 is 12.0 Å². The Morgan fingerprint density at radius 1 is 1.44 bits per heavy atom. The molecular formula is C15H19NO2. The second-order valence-electron chi connectivity index (χ2n) is 4.75. The summed E-state index contributed by atoms with van der Waals surface area (Å²) in [7, 11) is 0. The van der Waals surface area contributed by atoms with Crippen LogP contribution in [0.1, 0.15) is 24.0 Å². The first-order valence-electron chi connectivity index (χ1n) is 6.37. The molecule has 1 aliphatic heterocycles. The van der Waals surface area contributed by atoms with E-state index in [0.717, 1.165) is 24.9 Å². The van der Waals surface area contributed by atoms with E-state index in [9.17, 15) is 9.90 Å². The first-order chi connectivity index (χ1) is 8.70. The van der Waals surface area contributed by atoms with Gasteiger partial charge < -0.3 is 10.0 Å². The molecule has 2 rings (SSSR count). The fourth-order valence-corrected chi connectivity index (χ4v) is 2.26. The third-order valence-electron chi connectivity index (χ3n) is 3.37. The Morgan fingerprint density at radius 2 is 2.17 bits per heavy atom. The highest BCUT2D eigenvalue weighted by Gasteiger charge is 2.26. The van der Waals surface area contributed by atoms with Gasteiger partial charge >= 0.3 is 0 Å². The Bertz CT molecular complexity index is 436. The summed E-state index contributed by atoms with van der Waals surface area (Å²) < 4.78 is 0. The molecular weight excluding hydrogens is 226 g/mol. The maximum atomic E-state index is 12.0. The average molecular weight is 245 g/mol. The highest BCUT2D eigenvalue weighted by molar-refractivity contribution is 5.92. The van der Waals surface area contributed by atoms with Crippen LogP contribution in [0.5, 0.6) is 0 Å². The number of aliphatic hydroxyl groups is 1. The molecule has 1 aliphatic rings. The van der Waals surface area contributed by atoms with E-state index in [4.69, 9.17) is 0 Å². The lowest BCUT2D eigenvalue weighted by Crippen LogP contribution is -2.36. The molecule has 1 aromatic carbocycles. The number of aryl methyl sites for hydroxylation is 1. The van der Waals surface area contributed by atoms with Crippen molar-refractivity contribution in [3.05, 3.63) is 41.5 Å². The van der Waals surface area contributed by atoms with Crippen LogP contribution >= 0.6 is 0 Å². The van der Waals surface area contributed by atoms with Gasteiger partial charge in [-0.1, -0.05) is 29.8 Å². The number of nitrogens with zero attached hydrogens (tertiary/aromatic N) is 1. The summed E-state index contributed by atoms with van der Waals surface area (Å²) in [4.78, 5) is 13.7. The van der Waals surface area contributed by atoms with E-state index in [1.165, 1.54) is 5.56 Å². The van der Waals surface area contributed by atoms with E-state index in [1.807, 2.05) is 37.3 Å². The van der Waals surface area contributed by atoms with Crippen molar-refractivity contribution in [1.29, 1.82) is 0 Å². The van der Waals surface area contributed by atoms with Gasteiger partial charge in [0.2, 0.25) is 5.91 Å². The Labute approximate surface area is 108 Å². The fourth-order valence-electron chi connectivity index (χ4n) is 2.26. The molecule has 1 amide bonds. The van der Waals surface area contributed by atoms with Crippen LogP contribution in [-0.2, 0) is 4.79 Å². The molecule has 1 atom stereocenters. The minimum Gasteiger partial charge on any atom is -0.394 e. The Kier molecular flexibility index (Phi) is 4.15. The zero-order valence-corrected chi connectivity index (χ0v) is 10.7. The Balaban J connectivity index is 2.00. The molecule has 1 heterocycles. The van der Waals surface area contributed by atoms with Gasteiger partial charge in [-0.25, -0.2) is 0 Å². The predicted molar refractivity (Wildman–Crippen MR) is 72.0 cm³/mol. The van der Waals surface area contributed by atoms with E-state index >= 15 is 0 Å². The summed E-state index contributed by atoms with van der Waals surface area (Å²) >= 11 is 0. The van der Waals surface area contributed by atoms with Gasteiger partial charge in [0.05, 0.1) is 12.6 Å². The Morgan fingerprint density at radius 3 is 2.83 bits per heavy atom. The summed E-state index contributed by atoms with van der Waals surface area (Å²) in [5, 5.41) is 9.18. The molecule has 1 N–H and O–H groups in total. The van der Waals surface area contributed by atoms with Gasteiger partial charge in [-0.2, -0.15) is 0 Å². The van der Waals surface area contributed by atoms with Gasteiger partial charge in [-0.3, -0.25) is 4.79 Å². The Hall–Kier alpha value is -1.61. The molecule has 0 unspecified atom stereocenters. The van der Waals surface area contributed by atoms with Gasteiger partial charge in [0.25, 0.3) is 0 Å². The SMILES string of the molecule is Cc1ccc(/C=C/C(=O)N2CCC[C@@H]2CO)cc1. The number of likely N-dealkylation sites (tertiary alicyclic amines) is 1. The van der Waals surface area contributed by atoms with Crippen molar-refractivity contribution in [2.24, 2.45) is 0 Å². The van der Waals surface area contributed by atoms with Gasteiger partial charge in [0, 0.05) is 12.6 Å². The second kappa shape index (κ2) is 5.83. The second-order valence-corrected chi connectivity index (χ2v) is 4.75. The van der Waals surface area contributed by atoms with Gasteiger partial charge in [-0.05, 0) is 31.4 Å². The van der Waals surface area contributed by atoms with Crippen LogP contribution in [0.4, 0.5) is 0 Å². The first kappa shape index (κ1) is 12.8. The van der Waals surface area contributed by atoms with Gasteiger partial charge in [0.1, 0.15) is 0 Å². The molecule has 0 spiro atoms. The zero-order valence-electron chi connectivity index (χ0n) is 10.7. The van der Waals surface area contributed by atoms with Crippen molar-refractivity contribution in [1.82, 2.24) is 4.90 Å². The summed E-state index contributed by atoms with van der Waals surface area (Å²) in [5.41, 5.74) is 2.23. The standard InChI is InChI=1S/C15H19NO2/c1-12-4-6-13(7-5-12)8-9-15(18)16-10-2-3-14(16)11-17/h4-9,14,17H,2-3,10-11H2,1H3/b9-8+/t14-/m1/s1. The molecule has 1 aromatic rings. The quantitative estimate of drug-likeness (QED) is 0.827. The monoisotopic (exact) mass is 245 g/mol. The largest absolute Gasteiger partial charge is 0.394 e. The predicted octanol–water partition coefficient (Wildman–Crippen LogP) is 1.99. The van der Waals surface area contributed by atoms with Gasteiger partial charge in [-0.15, -0.1) is 0 Å². The minimum atomic E-state index is -0.00729. The van der Waals surface area contributed by atoms with Crippen LogP contribution in [0.25, 0.3) is 6.08 Å². The highest BCUT2D eigenvalue weighted by atomic mass is 16.3. The maximum absolute atomic E-state index is 12.0. The first-order valence-corrected chi connectivity index (χ1v) is 6.37. The number of benzene rings is 1. The third kappa shape index (κ3) is 2.99. The maximum Gasteiger partial charge on any atom is 0.246 e. The average Bonchev–Trinajstić information content (AvgIpc) is 2.86. The van der Waals surface area contributed by atoms with Gasteiger partial charge in [0.15, 0.2) is 0 Å². The molecule has 96 valence electrons. The lowest BCUT2D eigenvalue weighted by atomic mass is 10.1. The number of carbonyl (C=O) groups excluding carboxylic acids is 1. The van der Waals surface area contributed by atoms with Crippen molar-refractivity contribution in [2.75, 3.05) is 13.2 Å². The molecule has 1 fully saturated rings. The number of rotatable bonds is 3. The van der Waals surface area contributed by atoms with E-state index < -0.39 is 0 Å². The number of aliphatic hydroxyl groups excluding tert-OH is 1. The molecule has 1 saturated heterocycles. The molecule has 18 heavy (non-hydrogen) atoms. The number of amides is 1. The lowest BCUT2D eigenvalue weighted by Gasteiger charge is -2.21. The van der Waals surface area contributed by atoms with Crippen LogP contribution in [0.3, 0.4) is 0 Å². The summed E-state index contributed by atoms with van der Waals surface area (Å²) in [6, 6.07) is 8.03. The van der Waals surface area contributed by atoms with Crippen molar-refractivity contribution in [2.45, 2.75) is 25.8 Å². The van der Waals surface area contributed by atoms with E-state index in [0.29, 0.717) is 0 Å². The number of hydrogen-bond acceptors (Lipinski definition) is 2. The van der Waals surface area contributed by atoms with Crippen LogP contribution in [0.2, 0.25) is 0 Å². The highest BCUT2D eigenvalue weighted by Crippen LogP contribution is 2.17. The summed E-state index contributed by atoms with van der Waals surface area (Å²) in [6.07, 6.45) is 5.31. The van der Waals surface area contributed by atoms with Crippen molar-refractivity contribution in [3.63, 3.8) is 0 Å². The molecule has 0 radical (unpaired) electrons. The van der Waals surface area contributed by atoms with E-state index in [2.05, 4.69) is 0 Å². The molecule has 3 heteroatoms. The fraction of sp³-hybridized carbons (Fsp3) is 0.400. The van der Waals surface area contributed by atoms with E-state index in [1.54, 1.807) is 11.0 Å². The summed E-state index contributed by atoms with van der Waals surface area (Å²) in [5.74, 6) is -0.00729. The zero-order chi connectivity index (χ0) is 13.0. The van der Waals surface area contributed by atoms with Crippen LogP contribution in [-0.4, -0.2) is 35.1 Å². The van der Waals surface area contributed by atoms with E-state index in [-0.39, 0.29) is 18.6 Å². The summed E-state index contributed by atoms with van der Waals surface area (Å²) in [6.45, 7) is 2.85. The smallest absolute Gasteiger partial charge is 0.246 e. The third-order valence-corrected chi connectivity index (χ3v) is 3.37. The number of carbonyl (C=O) groups is 1. The lowest BCUT2D eigenvalue weighted by molar-refractivity contribution is -0.127. The topological polar surface area (TPSA) is 40.5 Å². The van der Waals surface area contributed by atoms with Crippen molar-refractivity contribution in [3.8, 4) is 0 Å². The van der Waals surface area contributed by atoms with Crippen LogP contribution in [0, 0.1) is 6.92 Å². The normalized spacial score (nSPS) is 19.7. The minimum absolute atomic E-state index is 0.000155. The molecule has 0 bridgehead atoms. The molecule has 0 saturated carbocycles.